The van der Waals surface area contributed by atoms with Crippen LogP contribution in [0.25, 0.3) is 10.9 Å². The number of carbonyl (C=O) groups excluding carboxylic acids is 3. The largest absolute Gasteiger partial charge is 0.466 e. The summed E-state index contributed by atoms with van der Waals surface area (Å²) in [7, 11) is 0. The molecule has 0 aliphatic carbocycles. The molecular weight excluding hydrogens is 470 g/mol. The van der Waals surface area contributed by atoms with Crippen LogP contribution in [0.2, 0.25) is 0 Å². The van der Waals surface area contributed by atoms with Crippen LogP contribution in [0, 0.1) is 0 Å². The molecule has 10 nitrogen and oxygen atoms in total. The molecule has 11 heteroatoms. The second-order valence-electron chi connectivity index (χ2n) is 7.39. The molecule has 3 aromatic rings. The Bertz CT molecular complexity index is 1220. The van der Waals surface area contributed by atoms with Crippen molar-refractivity contribution in [1.29, 1.82) is 0 Å². The van der Waals surface area contributed by atoms with Crippen LogP contribution < -0.4 is 16.8 Å². The normalized spacial score (nSPS) is 11.6. The molecule has 3 rings (SSSR count). The first-order valence-electron chi connectivity index (χ1n) is 11.0. The quantitative estimate of drug-likeness (QED) is 0.355. The highest BCUT2D eigenvalue weighted by Gasteiger charge is 2.24. The third-order valence-corrected chi connectivity index (χ3v) is 5.88. The number of esters is 2. The molecule has 0 saturated heterocycles. The number of nitrogens with two attached hydrogens (primary N) is 2. The zero-order valence-corrected chi connectivity index (χ0v) is 20.3. The van der Waals surface area contributed by atoms with Gasteiger partial charge in [0.1, 0.15) is 11.9 Å². The molecule has 35 heavy (non-hydrogen) atoms. The van der Waals surface area contributed by atoms with Gasteiger partial charge in [-0.05, 0) is 62.7 Å². The summed E-state index contributed by atoms with van der Waals surface area (Å²) in [5.74, 6) is -1.06. The number of nitrogens with one attached hydrogen (secondary N) is 1. The van der Waals surface area contributed by atoms with Crippen molar-refractivity contribution in [2.75, 3.05) is 24.7 Å². The average Bonchev–Trinajstić information content (AvgIpc) is 2.82. The molecule has 0 radical (unpaired) electrons. The molecule has 1 atom stereocenters. The van der Waals surface area contributed by atoms with Crippen LogP contribution in [0.3, 0.4) is 0 Å². The van der Waals surface area contributed by atoms with E-state index < -0.39 is 23.9 Å². The molecule has 2 aromatic carbocycles. The smallest absolute Gasteiger partial charge is 0.328 e. The second-order valence-corrected chi connectivity index (χ2v) is 8.54. The highest BCUT2D eigenvalue weighted by molar-refractivity contribution is 7.99. The number of nitrogens with zero attached hydrogens (tertiary/aromatic N) is 2. The molecule has 1 heterocycles. The summed E-state index contributed by atoms with van der Waals surface area (Å²) in [6.45, 7) is 3.78. The number of fused-ring (bicyclic) bond motifs is 1. The summed E-state index contributed by atoms with van der Waals surface area (Å²) in [6.07, 6.45) is 0.0683. The van der Waals surface area contributed by atoms with Gasteiger partial charge < -0.3 is 26.3 Å². The summed E-state index contributed by atoms with van der Waals surface area (Å²) in [5, 5.41) is 3.35. The van der Waals surface area contributed by atoms with Crippen LogP contribution in [0.4, 0.5) is 11.8 Å². The molecular formula is C24H27N5O5S. The van der Waals surface area contributed by atoms with E-state index in [0.29, 0.717) is 22.3 Å². The van der Waals surface area contributed by atoms with Gasteiger partial charge in [0.2, 0.25) is 5.95 Å². The third-order valence-electron chi connectivity index (χ3n) is 4.89. The number of aromatic nitrogens is 2. The fraction of sp³-hybridized carbons (Fsp3) is 0.292. The first kappa shape index (κ1) is 25.8. The van der Waals surface area contributed by atoms with Gasteiger partial charge in [-0.2, -0.15) is 4.98 Å². The van der Waals surface area contributed by atoms with Crippen LogP contribution in [0.1, 0.15) is 37.0 Å². The average molecular weight is 498 g/mol. The Morgan fingerprint density at radius 2 is 1.66 bits per heavy atom. The van der Waals surface area contributed by atoms with E-state index in [9.17, 15) is 14.4 Å². The van der Waals surface area contributed by atoms with Gasteiger partial charge in [0.05, 0.1) is 18.7 Å². The summed E-state index contributed by atoms with van der Waals surface area (Å²) < 4.78 is 9.92. The van der Waals surface area contributed by atoms with Crippen LogP contribution in [-0.4, -0.2) is 47.1 Å². The number of benzene rings is 2. The van der Waals surface area contributed by atoms with E-state index in [4.69, 9.17) is 20.9 Å². The lowest BCUT2D eigenvalue weighted by molar-refractivity contribution is -0.146. The first-order valence-corrected chi connectivity index (χ1v) is 11.9. The Labute approximate surface area is 206 Å². The molecule has 0 saturated carbocycles. The number of nitrogen functional groups attached to an aromatic ring is 2. The molecule has 0 fully saturated rings. The van der Waals surface area contributed by atoms with Crippen molar-refractivity contribution in [3.05, 3.63) is 48.0 Å². The lowest BCUT2D eigenvalue weighted by Gasteiger charge is -2.17. The Hall–Kier alpha value is -3.86. The standard InChI is InChI=1S/C24H27N5O5S/c1-3-33-20(30)12-11-19(23(32)34-4-2)27-22(31)14-5-7-15(8-6-14)35-16-9-10-18-17(13-16)21(25)29-24(26)28-18/h5-10,13,19H,3-4,11-12H2,1-2H3,(H,27,31)(H4,25,26,28,29). The van der Waals surface area contributed by atoms with Crippen molar-refractivity contribution in [3.63, 3.8) is 0 Å². The molecule has 0 aliphatic rings. The van der Waals surface area contributed by atoms with Crippen LogP contribution in [0.5, 0.6) is 0 Å². The van der Waals surface area contributed by atoms with Crippen molar-refractivity contribution in [2.24, 2.45) is 0 Å². The van der Waals surface area contributed by atoms with Gasteiger partial charge in [-0.15, -0.1) is 0 Å². The predicted molar refractivity (Wildman–Crippen MR) is 133 cm³/mol. The van der Waals surface area contributed by atoms with Crippen LogP contribution >= 0.6 is 11.8 Å². The minimum Gasteiger partial charge on any atom is -0.466 e. The zero-order chi connectivity index (χ0) is 25.4. The second kappa shape index (κ2) is 12.0. The number of ether oxygens (including phenoxy) is 2. The lowest BCUT2D eigenvalue weighted by atomic mass is 10.1. The van der Waals surface area contributed by atoms with E-state index in [-0.39, 0.29) is 32.0 Å². The van der Waals surface area contributed by atoms with E-state index in [0.717, 1.165) is 9.79 Å². The van der Waals surface area contributed by atoms with Crippen molar-refractivity contribution >= 4 is 52.3 Å². The number of carbonyl (C=O) groups is 3. The van der Waals surface area contributed by atoms with Gasteiger partial charge in [-0.1, -0.05) is 11.8 Å². The number of anilines is 2. The summed E-state index contributed by atoms with van der Waals surface area (Å²) in [4.78, 5) is 46.6. The number of hydrogen-bond acceptors (Lipinski definition) is 10. The van der Waals surface area contributed by atoms with Crippen molar-refractivity contribution in [1.82, 2.24) is 15.3 Å². The maximum atomic E-state index is 12.7. The predicted octanol–water partition coefficient (Wildman–Crippen LogP) is 2.95. The number of rotatable bonds is 10. The van der Waals surface area contributed by atoms with E-state index >= 15 is 0 Å². The SMILES string of the molecule is CCOC(=O)CCC(NC(=O)c1ccc(Sc2ccc3nc(N)nc(N)c3c2)cc1)C(=O)OCC. The van der Waals surface area contributed by atoms with Crippen molar-refractivity contribution < 1.29 is 23.9 Å². The highest BCUT2D eigenvalue weighted by atomic mass is 32.2. The number of amides is 1. The molecule has 184 valence electrons. The van der Waals surface area contributed by atoms with Gasteiger partial charge in [0.15, 0.2) is 0 Å². The van der Waals surface area contributed by atoms with Crippen molar-refractivity contribution in [2.45, 2.75) is 42.5 Å². The monoisotopic (exact) mass is 497 g/mol. The molecule has 0 aliphatic heterocycles. The lowest BCUT2D eigenvalue weighted by Crippen LogP contribution is -2.42. The summed E-state index contributed by atoms with van der Waals surface area (Å²) in [6, 6.07) is 11.5. The van der Waals surface area contributed by atoms with Gasteiger partial charge >= 0.3 is 11.9 Å². The molecule has 0 bridgehead atoms. The molecule has 0 spiro atoms. The third kappa shape index (κ3) is 7.06. The minimum absolute atomic E-state index is 0.0128. The summed E-state index contributed by atoms with van der Waals surface area (Å²) >= 11 is 1.48. The topological polar surface area (TPSA) is 160 Å². The van der Waals surface area contributed by atoms with E-state index in [2.05, 4.69) is 15.3 Å². The fourth-order valence-corrected chi connectivity index (χ4v) is 4.11. The van der Waals surface area contributed by atoms with Crippen LogP contribution in [0.15, 0.2) is 52.3 Å². The van der Waals surface area contributed by atoms with Gasteiger partial charge in [0.25, 0.3) is 5.91 Å². The number of hydrogen-bond donors (Lipinski definition) is 3. The van der Waals surface area contributed by atoms with Crippen molar-refractivity contribution in [3.8, 4) is 0 Å². The molecule has 5 N–H and O–H groups in total. The Balaban J connectivity index is 1.67. The summed E-state index contributed by atoms with van der Waals surface area (Å²) in [5.41, 5.74) is 12.6. The van der Waals surface area contributed by atoms with E-state index in [1.807, 2.05) is 18.2 Å². The first-order chi connectivity index (χ1) is 16.8. The molecule has 1 amide bonds. The van der Waals surface area contributed by atoms with Gasteiger partial charge in [-0.3, -0.25) is 9.59 Å². The minimum atomic E-state index is -0.958. The van der Waals surface area contributed by atoms with Gasteiger partial charge in [0, 0.05) is 27.2 Å². The van der Waals surface area contributed by atoms with Crippen LogP contribution in [-0.2, 0) is 19.1 Å². The maximum Gasteiger partial charge on any atom is 0.328 e. The van der Waals surface area contributed by atoms with E-state index in [1.54, 1.807) is 38.1 Å². The zero-order valence-electron chi connectivity index (χ0n) is 19.4. The fourth-order valence-electron chi connectivity index (χ4n) is 3.25. The Morgan fingerprint density at radius 1 is 0.971 bits per heavy atom. The maximum absolute atomic E-state index is 12.7. The Kier molecular flexibility index (Phi) is 8.85. The molecule has 1 unspecified atom stereocenters. The Morgan fingerprint density at radius 3 is 2.34 bits per heavy atom. The van der Waals surface area contributed by atoms with Gasteiger partial charge in [-0.25, -0.2) is 9.78 Å². The van der Waals surface area contributed by atoms with E-state index in [1.165, 1.54) is 11.8 Å². The molecule has 1 aromatic heterocycles. The highest BCUT2D eigenvalue weighted by Crippen LogP contribution is 2.31.